The minimum absolute atomic E-state index is 0.272. The number of nitrogens with zero attached hydrogens (tertiary/aromatic N) is 2. The summed E-state index contributed by atoms with van der Waals surface area (Å²) in [4.78, 5) is 6.21. The number of fused-ring (bicyclic) bond motifs is 2. The molecule has 7 nitrogen and oxygen atoms in total. The van der Waals surface area contributed by atoms with E-state index >= 15 is 0 Å². The topological polar surface area (TPSA) is 73.2 Å². The number of benzene rings is 2. The number of thioether (sulfide) groups is 1. The molecule has 5 rings (SSSR count). The van der Waals surface area contributed by atoms with Crippen molar-refractivity contribution in [3.05, 3.63) is 42.0 Å². The van der Waals surface area contributed by atoms with Gasteiger partial charge in [-0.15, -0.1) is 11.3 Å². The standard InChI is InChI=1S/C20H21N3O4S3/c1-28-20-21-16-4-3-15(11-19(16)29-20)30(24,25)23-8-6-22(7-9-23)12-14-2-5-17-18(10-14)27-13-26-17/h2-5,10-11H,6-9,12-13H2,1H3/p+1. The number of rotatable bonds is 5. The maximum Gasteiger partial charge on any atom is 0.243 e. The van der Waals surface area contributed by atoms with Crippen LogP contribution in [0, 0.1) is 0 Å². The van der Waals surface area contributed by atoms with Gasteiger partial charge in [0.25, 0.3) is 0 Å². The first-order valence-corrected chi connectivity index (χ1v) is 13.2. The fraction of sp³-hybridized carbons (Fsp3) is 0.350. The Morgan fingerprint density at radius 2 is 1.93 bits per heavy atom. The van der Waals surface area contributed by atoms with Gasteiger partial charge in [-0.3, -0.25) is 0 Å². The number of quaternary nitrogens is 1. The summed E-state index contributed by atoms with van der Waals surface area (Å²) in [6, 6.07) is 11.2. The van der Waals surface area contributed by atoms with E-state index < -0.39 is 10.0 Å². The summed E-state index contributed by atoms with van der Waals surface area (Å²) in [5, 5.41) is 0. The monoisotopic (exact) mass is 464 g/mol. The molecule has 0 spiro atoms. The molecule has 1 N–H and O–H groups in total. The number of nitrogens with one attached hydrogen (secondary N) is 1. The lowest BCUT2D eigenvalue weighted by Gasteiger charge is -2.31. The Labute approximate surface area is 183 Å². The lowest BCUT2D eigenvalue weighted by atomic mass is 10.2. The first kappa shape index (κ1) is 20.1. The van der Waals surface area contributed by atoms with Crippen molar-refractivity contribution in [2.45, 2.75) is 15.8 Å². The van der Waals surface area contributed by atoms with E-state index in [1.807, 2.05) is 18.4 Å². The molecular weight excluding hydrogens is 442 g/mol. The Hall–Kier alpha value is -1.85. The summed E-state index contributed by atoms with van der Waals surface area (Å²) in [6.45, 7) is 3.68. The molecule has 0 unspecified atom stereocenters. The Morgan fingerprint density at radius 3 is 2.73 bits per heavy atom. The number of ether oxygens (including phenoxy) is 2. The predicted octanol–water partition coefficient (Wildman–Crippen LogP) is 1.84. The molecule has 0 aliphatic carbocycles. The molecule has 3 heterocycles. The van der Waals surface area contributed by atoms with Gasteiger partial charge in [-0.05, 0) is 42.7 Å². The van der Waals surface area contributed by atoms with Crippen molar-refractivity contribution < 1.29 is 22.8 Å². The summed E-state index contributed by atoms with van der Waals surface area (Å²) in [5.41, 5.74) is 2.02. The van der Waals surface area contributed by atoms with Crippen molar-refractivity contribution in [1.82, 2.24) is 9.29 Å². The van der Waals surface area contributed by atoms with Crippen molar-refractivity contribution in [2.24, 2.45) is 0 Å². The largest absolute Gasteiger partial charge is 0.454 e. The molecule has 158 valence electrons. The van der Waals surface area contributed by atoms with Crippen LogP contribution in [0.25, 0.3) is 10.2 Å². The Kier molecular flexibility index (Phi) is 5.36. The molecular formula is C20H22N3O4S3+. The number of hydrogen-bond acceptors (Lipinski definition) is 7. The van der Waals surface area contributed by atoms with Gasteiger partial charge in [0.15, 0.2) is 15.8 Å². The van der Waals surface area contributed by atoms with Crippen molar-refractivity contribution in [3.63, 3.8) is 0 Å². The van der Waals surface area contributed by atoms with Crippen molar-refractivity contribution in [3.8, 4) is 11.5 Å². The highest BCUT2D eigenvalue weighted by molar-refractivity contribution is 8.00. The third-order valence-corrected chi connectivity index (χ3v) is 9.37. The van der Waals surface area contributed by atoms with Gasteiger partial charge in [-0.1, -0.05) is 11.8 Å². The van der Waals surface area contributed by atoms with Gasteiger partial charge in [0.05, 0.1) is 41.3 Å². The van der Waals surface area contributed by atoms with E-state index in [1.54, 1.807) is 34.3 Å². The van der Waals surface area contributed by atoms with E-state index in [-0.39, 0.29) is 6.79 Å². The molecule has 0 bridgehead atoms. The average Bonchev–Trinajstić information content (AvgIpc) is 3.39. The van der Waals surface area contributed by atoms with Crippen molar-refractivity contribution >= 4 is 43.3 Å². The summed E-state index contributed by atoms with van der Waals surface area (Å²) in [5.74, 6) is 1.57. The van der Waals surface area contributed by atoms with E-state index in [0.717, 1.165) is 45.7 Å². The van der Waals surface area contributed by atoms with E-state index in [9.17, 15) is 8.42 Å². The minimum atomic E-state index is -3.50. The highest BCUT2D eigenvalue weighted by Crippen LogP contribution is 2.32. The van der Waals surface area contributed by atoms with Crippen LogP contribution in [0.3, 0.4) is 0 Å². The summed E-state index contributed by atoms with van der Waals surface area (Å²) in [6.07, 6.45) is 1.97. The Morgan fingerprint density at radius 1 is 1.13 bits per heavy atom. The molecule has 1 saturated heterocycles. The number of aromatic nitrogens is 1. The molecule has 0 amide bonds. The van der Waals surface area contributed by atoms with E-state index in [1.165, 1.54) is 21.8 Å². The van der Waals surface area contributed by atoms with Gasteiger partial charge in [0, 0.05) is 5.56 Å². The predicted molar refractivity (Wildman–Crippen MR) is 117 cm³/mol. The number of thiazole rings is 1. The molecule has 2 aliphatic heterocycles. The van der Waals surface area contributed by atoms with Crippen LogP contribution in [-0.4, -0.2) is 56.9 Å². The van der Waals surface area contributed by atoms with E-state index in [0.29, 0.717) is 18.0 Å². The highest BCUT2D eigenvalue weighted by Gasteiger charge is 2.31. The number of sulfonamides is 1. The van der Waals surface area contributed by atoms with Gasteiger partial charge in [0.1, 0.15) is 6.54 Å². The van der Waals surface area contributed by atoms with Crippen LogP contribution >= 0.6 is 23.1 Å². The second-order valence-electron chi connectivity index (χ2n) is 7.33. The SMILES string of the molecule is CSc1nc2ccc(S(=O)(=O)N3CC[NH+](Cc4ccc5c(c4)OCO5)CC3)cc2s1. The lowest BCUT2D eigenvalue weighted by molar-refractivity contribution is -0.917. The molecule has 10 heteroatoms. The third kappa shape index (κ3) is 3.78. The van der Waals surface area contributed by atoms with Crippen LogP contribution in [0.5, 0.6) is 11.5 Å². The smallest absolute Gasteiger partial charge is 0.243 e. The molecule has 0 atom stereocenters. The highest BCUT2D eigenvalue weighted by atomic mass is 32.2. The van der Waals surface area contributed by atoms with E-state index in [2.05, 4.69) is 11.1 Å². The average molecular weight is 465 g/mol. The minimum Gasteiger partial charge on any atom is -0.454 e. The number of hydrogen-bond donors (Lipinski definition) is 1. The molecule has 0 saturated carbocycles. The van der Waals surface area contributed by atoms with Crippen LogP contribution < -0.4 is 14.4 Å². The van der Waals surface area contributed by atoms with Gasteiger partial charge < -0.3 is 14.4 Å². The van der Waals surface area contributed by atoms with Gasteiger partial charge in [-0.25, -0.2) is 13.4 Å². The second kappa shape index (κ2) is 8.01. The normalized spacial score (nSPS) is 17.6. The zero-order chi connectivity index (χ0) is 20.7. The summed E-state index contributed by atoms with van der Waals surface area (Å²) < 4.78 is 40.6. The molecule has 2 aromatic carbocycles. The van der Waals surface area contributed by atoms with Gasteiger partial charge >= 0.3 is 0 Å². The molecule has 3 aromatic rings. The van der Waals surface area contributed by atoms with E-state index in [4.69, 9.17) is 9.47 Å². The van der Waals surface area contributed by atoms with Gasteiger partial charge in [0.2, 0.25) is 16.8 Å². The first-order valence-electron chi connectivity index (χ1n) is 9.70. The van der Waals surface area contributed by atoms with Crippen molar-refractivity contribution in [2.75, 3.05) is 39.2 Å². The van der Waals surface area contributed by atoms with Crippen molar-refractivity contribution in [1.29, 1.82) is 0 Å². The van der Waals surface area contributed by atoms with Crippen LogP contribution in [0.2, 0.25) is 0 Å². The Balaban J connectivity index is 1.26. The zero-order valence-electron chi connectivity index (χ0n) is 16.5. The van der Waals surface area contributed by atoms with Gasteiger partial charge in [-0.2, -0.15) is 4.31 Å². The van der Waals surface area contributed by atoms with Crippen LogP contribution in [-0.2, 0) is 16.6 Å². The maximum atomic E-state index is 13.2. The number of piperazine rings is 1. The quantitative estimate of drug-likeness (QED) is 0.581. The second-order valence-corrected chi connectivity index (χ2v) is 11.4. The molecule has 0 radical (unpaired) electrons. The molecule has 1 fully saturated rings. The fourth-order valence-electron chi connectivity index (χ4n) is 3.84. The Bertz CT molecular complexity index is 1190. The maximum absolute atomic E-state index is 13.2. The first-order chi connectivity index (χ1) is 14.5. The van der Waals surface area contributed by atoms with Crippen LogP contribution in [0.4, 0.5) is 0 Å². The molecule has 2 aliphatic rings. The van der Waals surface area contributed by atoms with Crippen LogP contribution in [0.1, 0.15) is 5.56 Å². The molecule has 30 heavy (non-hydrogen) atoms. The summed E-state index contributed by atoms with van der Waals surface area (Å²) >= 11 is 3.10. The summed E-state index contributed by atoms with van der Waals surface area (Å²) in [7, 11) is -3.50. The lowest BCUT2D eigenvalue weighted by Crippen LogP contribution is -3.13. The zero-order valence-corrected chi connectivity index (χ0v) is 18.9. The fourth-order valence-corrected chi connectivity index (χ4v) is 6.91. The molecule has 1 aromatic heterocycles. The third-order valence-electron chi connectivity index (χ3n) is 5.47. The van der Waals surface area contributed by atoms with Crippen LogP contribution in [0.15, 0.2) is 45.6 Å².